The lowest BCUT2D eigenvalue weighted by molar-refractivity contribution is -0.895. The van der Waals surface area contributed by atoms with Crippen LogP contribution in [0.4, 0.5) is 0 Å². The molecule has 0 amide bonds. The van der Waals surface area contributed by atoms with E-state index in [1.165, 1.54) is 11.1 Å². The first-order chi connectivity index (χ1) is 6.95. The summed E-state index contributed by atoms with van der Waals surface area (Å²) in [6, 6.07) is 9.26. The largest absolute Gasteiger partial charge is 0.321 e. The van der Waals surface area contributed by atoms with Crippen LogP contribution in [0, 0.1) is 6.92 Å². The summed E-state index contributed by atoms with van der Waals surface area (Å²) in [4.78, 5) is 0. The molecule has 0 aliphatic carbocycles. The summed E-state index contributed by atoms with van der Waals surface area (Å²) in [5.41, 5.74) is 2.70. The summed E-state index contributed by atoms with van der Waals surface area (Å²) >= 11 is 0. The van der Waals surface area contributed by atoms with Crippen LogP contribution in [-0.2, 0) is 0 Å². The zero-order valence-corrected chi connectivity index (χ0v) is 10.5. The Hall–Kier alpha value is -1.08. The van der Waals surface area contributed by atoms with Gasteiger partial charge in [0.25, 0.3) is 0 Å². The molecule has 0 N–H and O–H groups in total. The number of rotatable bonds is 3. The molecule has 0 aromatic heterocycles. The maximum Gasteiger partial charge on any atom is 0.133 e. The van der Waals surface area contributed by atoms with Gasteiger partial charge in [0.2, 0.25) is 0 Å². The smallest absolute Gasteiger partial charge is 0.133 e. The number of nitrogens with zero attached hydrogens (tertiary/aromatic N) is 1. The van der Waals surface area contributed by atoms with Crippen molar-refractivity contribution >= 4 is 0 Å². The van der Waals surface area contributed by atoms with Gasteiger partial charge >= 0.3 is 0 Å². The number of likely N-dealkylation sites (N-methyl/N-ethyl adjacent to an activating group) is 1. The van der Waals surface area contributed by atoms with Crippen LogP contribution in [0.25, 0.3) is 0 Å². The topological polar surface area (TPSA) is 0 Å². The van der Waals surface area contributed by atoms with Gasteiger partial charge in [-0.3, -0.25) is 0 Å². The fourth-order valence-electron chi connectivity index (χ4n) is 1.76. The molecule has 0 heterocycles. The molecule has 0 bridgehead atoms. The van der Waals surface area contributed by atoms with Crippen molar-refractivity contribution in [2.45, 2.75) is 19.9 Å². The van der Waals surface area contributed by atoms with Crippen molar-refractivity contribution in [2.24, 2.45) is 0 Å². The van der Waals surface area contributed by atoms with Crippen LogP contribution in [-0.4, -0.2) is 25.6 Å². The molecule has 1 heteroatoms. The number of hydrogen-bond donors (Lipinski definition) is 0. The monoisotopic (exact) mass is 204 g/mol. The van der Waals surface area contributed by atoms with Gasteiger partial charge in [0.1, 0.15) is 6.04 Å². The standard InChI is InChI=1S/C14H22N/c1-6-7-14(15(3,4)5)13-10-8-12(2)9-11-13/h6-11,14H,1-5H3/q+1. The first-order valence-corrected chi connectivity index (χ1v) is 5.45. The Bertz CT molecular complexity index is 327. The van der Waals surface area contributed by atoms with E-state index in [0.717, 1.165) is 4.48 Å². The number of benzene rings is 1. The van der Waals surface area contributed by atoms with Gasteiger partial charge in [-0.25, -0.2) is 0 Å². The molecule has 0 saturated carbocycles. The number of allylic oxidation sites excluding steroid dienone is 1. The summed E-state index contributed by atoms with van der Waals surface area (Å²) < 4.78 is 0.924. The first kappa shape index (κ1) is 12.0. The fraction of sp³-hybridized carbons (Fsp3) is 0.429. The molecule has 1 unspecified atom stereocenters. The highest BCUT2D eigenvalue weighted by molar-refractivity contribution is 5.25. The molecular formula is C14H22N+. The van der Waals surface area contributed by atoms with Crippen LogP contribution in [0.15, 0.2) is 36.4 Å². The molecule has 1 atom stereocenters. The molecule has 0 radical (unpaired) electrons. The highest BCUT2D eigenvalue weighted by atomic mass is 15.3. The maximum atomic E-state index is 2.27. The van der Waals surface area contributed by atoms with Crippen molar-refractivity contribution in [3.63, 3.8) is 0 Å². The molecule has 0 aliphatic rings. The predicted molar refractivity (Wildman–Crippen MR) is 66.8 cm³/mol. The van der Waals surface area contributed by atoms with E-state index in [2.05, 4.69) is 71.4 Å². The number of hydrogen-bond acceptors (Lipinski definition) is 0. The van der Waals surface area contributed by atoms with Crippen LogP contribution in [0.3, 0.4) is 0 Å². The average Bonchev–Trinajstić information content (AvgIpc) is 2.14. The Morgan fingerprint density at radius 2 is 1.60 bits per heavy atom. The lowest BCUT2D eigenvalue weighted by Gasteiger charge is -2.32. The van der Waals surface area contributed by atoms with E-state index in [1.807, 2.05) is 0 Å². The maximum absolute atomic E-state index is 2.27. The van der Waals surface area contributed by atoms with Crippen molar-refractivity contribution in [2.75, 3.05) is 21.1 Å². The minimum Gasteiger partial charge on any atom is -0.321 e. The number of quaternary nitrogens is 1. The molecule has 1 nitrogen and oxygen atoms in total. The van der Waals surface area contributed by atoms with E-state index in [4.69, 9.17) is 0 Å². The summed E-state index contributed by atoms with van der Waals surface area (Å²) in [6.07, 6.45) is 4.40. The van der Waals surface area contributed by atoms with E-state index in [-0.39, 0.29) is 0 Å². The van der Waals surface area contributed by atoms with Gasteiger partial charge in [-0.1, -0.05) is 35.9 Å². The van der Waals surface area contributed by atoms with Crippen LogP contribution < -0.4 is 0 Å². The quantitative estimate of drug-likeness (QED) is 0.523. The minimum atomic E-state index is 0.440. The predicted octanol–water partition coefficient (Wildman–Crippen LogP) is 3.32. The SMILES string of the molecule is CC=CC(c1ccc(C)cc1)[N+](C)(C)C. The van der Waals surface area contributed by atoms with E-state index in [9.17, 15) is 0 Å². The molecular weight excluding hydrogens is 182 g/mol. The summed E-state index contributed by atoms with van der Waals surface area (Å²) in [7, 11) is 6.68. The third-order valence-electron chi connectivity index (χ3n) is 2.63. The van der Waals surface area contributed by atoms with E-state index in [0.29, 0.717) is 6.04 Å². The minimum absolute atomic E-state index is 0.440. The van der Waals surface area contributed by atoms with Gasteiger partial charge in [-0.2, -0.15) is 0 Å². The third-order valence-corrected chi connectivity index (χ3v) is 2.63. The fourth-order valence-corrected chi connectivity index (χ4v) is 1.76. The van der Waals surface area contributed by atoms with Gasteiger partial charge in [0.05, 0.1) is 21.1 Å². The summed E-state index contributed by atoms with van der Waals surface area (Å²) in [6.45, 7) is 4.21. The normalized spacial score (nSPS) is 14.5. The van der Waals surface area contributed by atoms with Crippen LogP contribution in [0.1, 0.15) is 24.1 Å². The van der Waals surface area contributed by atoms with Crippen LogP contribution in [0.5, 0.6) is 0 Å². The van der Waals surface area contributed by atoms with Crippen LogP contribution >= 0.6 is 0 Å². The summed E-state index contributed by atoms with van der Waals surface area (Å²) in [5.74, 6) is 0. The Morgan fingerprint density at radius 3 is 2.00 bits per heavy atom. The van der Waals surface area contributed by atoms with Crippen LogP contribution in [0.2, 0.25) is 0 Å². The Balaban J connectivity index is 3.05. The molecule has 15 heavy (non-hydrogen) atoms. The Kier molecular flexibility index (Phi) is 3.70. The van der Waals surface area contributed by atoms with E-state index < -0.39 is 0 Å². The van der Waals surface area contributed by atoms with Crippen molar-refractivity contribution in [3.05, 3.63) is 47.5 Å². The van der Waals surface area contributed by atoms with E-state index in [1.54, 1.807) is 0 Å². The zero-order chi connectivity index (χ0) is 11.5. The van der Waals surface area contributed by atoms with Gasteiger partial charge in [0, 0.05) is 5.56 Å². The molecule has 0 fully saturated rings. The molecule has 1 aromatic carbocycles. The first-order valence-electron chi connectivity index (χ1n) is 5.45. The molecule has 0 spiro atoms. The Labute approximate surface area is 93.6 Å². The van der Waals surface area contributed by atoms with Crippen molar-refractivity contribution in [3.8, 4) is 0 Å². The molecule has 0 saturated heterocycles. The van der Waals surface area contributed by atoms with Gasteiger partial charge in [-0.15, -0.1) is 0 Å². The van der Waals surface area contributed by atoms with Gasteiger partial charge in [-0.05, 0) is 19.9 Å². The zero-order valence-electron chi connectivity index (χ0n) is 10.5. The lowest BCUT2D eigenvalue weighted by atomic mass is 10.0. The lowest BCUT2D eigenvalue weighted by Crippen LogP contribution is -2.37. The second kappa shape index (κ2) is 4.63. The van der Waals surface area contributed by atoms with Crippen molar-refractivity contribution < 1.29 is 4.48 Å². The second-order valence-electron chi connectivity index (χ2n) is 5.00. The highest BCUT2D eigenvalue weighted by Gasteiger charge is 2.22. The molecule has 0 aliphatic heterocycles. The van der Waals surface area contributed by atoms with Crippen molar-refractivity contribution in [1.82, 2.24) is 0 Å². The molecule has 82 valence electrons. The third kappa shape index (κ3) is 3.21. The van der Waals surface area contributed by atoms with Gasteiger partial charge < -0.3 is 4.48 Å². The Morgan fingerprint density at radius 1 is 1.07 bits per heavy atom. The summed E-state index contributed by atoms with van der Waals surface area (Å²) in [5, 5.41) is 0. The number of aryl methyl sites for hydroxylation is 1. The van der Waals surface area contributed by atoms with E-state index >= 15 is 0 Å². The van der Waals surface area contributed by atoms with Gasteiger partial charge in [0.15, 0.2) is 0 Å². The molecule has 1 aromatic rings. The molecule has 1 rings (SSSR count). The van der Waals surface area contributed by atoms with Crippen molar-refractivity contribution in [1.29, 1.82) is 0 Å². The second-order valence-corrected chi connectivity index (χ2v) is 5.00. The average molecular weight is 204 g/mol. The highest BCUT2D eigenvalue weighted by Crippen LogP contribution is 2.24.